The first-order chi connectivity index (χ1) is 14.9. The smallest absolute Gasteiger partial charge is 0.306 e. The Balaban J connectivity index is 1.83. The fourth-order valence-corrected chi connectivity index (χ4v) is 3.51. The number of methoxy groups -OCH3 is 1. The van der Waals surface area contributed by atoms with Gasteiger partial charge in [0.1, 0.15) is 5.82 Å². The largest absolute Gasteiger partial charge is 0.469 e. The number of aromatic nitrogens is 5. The van der Waals surface area contributed by atoms with Crippen LogP contribution >= 0.6 is 0 Å². The van der Waals surface area contributed by atoms with Crippen LogP contribution < -0.4 is 5.56 Å². The third kappa shape index (κ3) is 3.81. The number of H-pyrrole nitrogens is 2. The zero-order chi connectivity index (χ0) is 22.1. The van der Waals surface area contributed by atoms with Crippen LogP contribution in [0.5, 0.6) is 0 Å². The molecule has 3 aromatic heterocycles. The molecule has 0 bridgehead atoms. The lowest BCUT2D eigenvalue weighted by Gasteiger charge is -2.15. The normalized spacial score (nSPS) is 12.3. The molecular weight excluding hydrogens is 415 g/mol. The molecule has 1 aromatic carbocycles. The quantitative estimate of drug-likeness (QED) is 0.360. The highest BCUT2D eigenvalue weighted by Crippen LogP contribution is 2.31. The van der Waals surface area contributed by atoms with Crippen LogP contribution in [0.25, 0.3) is 5.65 Å². The van der Waals surface area contributed by atoms with Crippen molar-refractivity contribution >= 4 is 11.6 Å². The minimum Gasteiger partial charge on any atom is -0.469 e. The molecule has 160 valence electrons. The molecule has 0 saturated carbocycles. The van der Waals surface area contributed by atoms with Gasteiger partial charge in [-0.15, -0.1) is 0 Å². The molecule has 0 spiro atoms. The van der Waals surface area contributed by atoms with Gasteiger partial charge in [-0.05, 0) is 17.7 Å². The molecule has 31 heavy (non-hydrogen) atoms. The van der Waals surface area contributed by atoms with E-state index in [1.165, 1.54) is 24.0 Å². The molecule has 0 radical (unpaired) electrons. The predicted octanol–water partition coefficient (Wildman–Crippen LogP) is 2.45. The summed E-state index contributed by atoms with van der Waals surface area (Å²) in [6, 6.07) is 2.83. The van der Waals surface area contributed by atoms with Crippen LogP contribution in [0.2, 0.25) is 0 Å². The molecule has 0 fully saturated rings. The van der Waals surface area contributed by atoms with Gasteiger partial charge < -0.3 is 9.84 Å². The minimum absolute atomic E-state index is 0.120. The van der Waals surface area contributed by atoms with Crippen LogP contribution in [-0.2, 0) is 16.0 Å². The third-order valence-corrected chi connectivity index (χ3v) is 4.98. The minimum atomic E-state index is -1.31. The number of aromatic amines is 2. The van der Waals surface area contributed by atoms with Crippen LogP contribution in [0.15, 0.2) is 41.6 Å². The SMILES string of the molecule is COC(=O)CC(c1c(Cc2cc(F)c(F)cc2F)[nH][nH]c1=O)c1cnn2cccnc12. The van der Waals surface area contributed by atoms with Crippen molar-refractivity contribution in [3.63, 3.8) is 0 Å². The highest BCUT2D eigenvalue weighted by molar-refractivity contribution is 5.72. The van der Waals surface area contributed by atoms with Crippen molar-refractivity contribution in [2.24, 2.45) is 0 Å². The molecule has 0 aliphatic rings. The van der Waals surface area contributed by atoms with E-state index in [1.807, 2.05) is 0 Å². The Hall–Kier alpha value is -3.89. The lowest BCUT2D eigenvalue weighted by Crippen LogP contribution is -2.18. The molecule has 3 heterocycles. The Morgan fingerprint density at radius 1 is 1.19 bits per heavy atom. The average Bonchev–Trinajstić information content (AvgIpc) is 3.34. The molecule has 4 rings (SSSR count). The van der Waals surface area contributed by atoms with Gasteiger partial charge in [-0.3, -0.25) is 14.7 Å². The van der Waals surface area contributed by atoms with Crippen LogP contribution in [0.3, 0.4) is 0 Å². The van der Waals surface area contributed by atoms with E-state index in [0.29, 0.717) is 17.3 Å². The molecule has 8 nitrogen and oxygen atoms in total. The molecule has 1 unspecified atom stereocenters. The number of hydrogen-bond donors (Lipinski definition) is 2. The van der Waals surface area contributed by atoms with Gasteiger partial charge in [-0.1, -0.05) is 0 Å². The van der Waals surface area contributed by atoms with Crippen molar-refractivity contribution < 1.29 is 22.7 Å². The maximum absolute atomic E-state index is 14.2. The summed E-state index contributed by atoms with van der Waals surface area (Å²) < 4.78 is 47.4. The summed E-state index contributed by atoms with van der Waals surface area (Å²) in [4.78, 5) is 29.0. The van der Waals surface area contributed by atoms with Crippen molar-refractivity contribution in [1.82, 2.24) is 24.8 Å². The topological polar surface area (TPSA) is 105 Å². The van der Waals surface area contributed by atoms with Crippen LogP contribution in [-0.4, -0.2) is 37.9 Å². The molecule has 0 saturated heterocycles. The standard InChI is InChI=1S/C20H16F3N5O3/c1-31-17(29)7-11(12-9-25-28-4-2-3-24-19(12)28)18-16(26-27-20(18)30)6-10-5-14(22)15(23)8-13(10)21/h2-5,8-9,11H,6-7H2,1H3,(H2,26,27,30). The first kappa shape index (κ1) is 20.4. The number of carbonyl (C=O) groups excluding carboxylic acids is 1. The number of esters is 1. The van der Waals surface area contributed by atoms with Gasteiger partial charge in [0.2, 0.25) is 0 Å². The maximum Gasteiger partial charge on any atom is 0.306 e. The number of hydrogen-bond acceptors (Lipinski definition) is 5. The van der Waals surface area contributed by atoms with E-state index in [9.17, 15) is 22.8 Å². The summed E-state index contributed by atoms with van der Waals surface area (Å²) in [5, 5.41) is 9.25. The molecule has 2 N–H and O–H groups in total. The number of ether oxygens (including phenoxy) is 1. The van der Waals surface area contributed by atoms with E-state index < -0.39 is 34.9 Å². The van der Waals surface area contributed by atoms with Crippen LogP contribution in [0.4, 0.5) is 13.2 Å². The molecule has 11 heteroatoms. The van der Waals surface area contributed by atoms with Gasteiger partial charge in [0, 0.05) is 47.6 Å². The number of carbonyl (C=O) groups is 1. The van der Waals surface area contributed by atoms with Crippen LogP contribution in [0, 0.1) is 17.5 Å². The van der Waals surface area contributed by atoms with E-state index in [-0.39, 0.29) is 29.7 Å². The zero-order valence-corrected chi connectivity index (χ0v) is 16.2. The molecule has 0 aliphatic heterocycles. The fraction of sp³-hybridized carbons (Fsp3) is 0.200. The summed E-state index contributed by atoms with van der Waals surface area (Å²) in [6.45, 7) is 0. The second kappa shape index (κ2) is 8.09. The van der Waals surface area contributed by atoms with Crippen molar-refractivity contribution in [3.8, 4) is 0 Å². The zero-order valence-electron chi connectivity index (χ0n) is 16.2. The number of halogens is 3. The molecule has 1 atom stereocenters. The van der Waals surface area contributed by atoms with E-state index >= 15 is 0 Å². The van der Waals surface area contributed by atoms with Crippen LogP contribution in [0.1, 0.15) is 34.7 Å². The first-order valence-electron chi connectivity index (χ1n) is 9.17. The maximum atomic E-state index is 14.2. The van der Waals surface area contributed by atoms with Crippen molar-refractivity contribution in [1.29, 1.82) is 0 Å². The molecule has 0 amide bonds. The van der Waals surface area contributed by atoms with Gasteiger partial charge >= 0.3 is 5.97 Å². The summed E-state index contributed by atoms with van der Waals surface area (Å²) >= 11 is 0. The second-order valence-corrected chi connectivity index (χ2v) is 6.83. The lowest BCUT2D eigenvalue weighted by molar-refractivity contribution is -0.140. The van der Waals surface area contributed by atoms with Crippen molar-refractivity contribution in [3.05, 3.63) is 87.0 Å². The number of benzene rings is 1. The summed E-state index contributed by atoms with van der Waals surface area (Å²) in [5.74, 6) is -4.92. The first-order valence-corrected chi connectivity index (χ1v) is 9.17. The van der Waals surface area contributed by atoms with Crippen molar-refractivity contribution in [2.45, 2.75) is 18.8 Å². The summed E-state index contributed by atoms with van der Waals surface area (Å²) in [5.41, 5.74) is 0.506. The highest BCUT2D eigenvalue weighted by atomic mass is 19.2. The number of nitrogens with zero attached hydrogens (tertiary/aromatic N) is 3. The second-order valence-electron chi connectivity index (χ2n) is 6.83. The Kier molecular flexibility index (Phi) is 5.32. The van der Waals surface area contributed by atoms with E-state index in [1.54, 1.807) is 12.3 Å². The monoisotopic (exact) mass is 431 g/mol. The lowest BCUT2D eigenvalue weighted by atomic mass is 9.88. The van der Waals surface area contributed by atoms with Crippen molar-refractivity contribution in [2.75, 3.05) is 7.11 Å². The van der Waals surface area contributed by atoms with Gasteiger partial charge in [-0.2, -0.15) is 5.10 Å². The van der Waals surface area contributed by atoms with Gasteiger partial charge in [-0.25, -0.2) is 22.7 Å². The Bertz CT molecular complexity index is 1330. The number of nitrogens with one attached hydrogen (secondary N) is 2. The molecular formula is C20H16F3N5O3. The van der Waals surface area contributed by atoms with E-state index in [4.69, 9.17) is 4.74 Å². The van der Waals surface area contributed by atoms with Gasteiger partial charge in [0.25, 0.3) is 5.56 Å². The molecule has 4 aromatic rings. The third-order valence-electron chi connectivity index (χ3n) is 4.98. The summed E-state index contributed by atoms with van der Waals surface area (Å²) in [6.07, 6.45) is 4.20. The van der Waals surface area contributed by atoms with Gasteiger partial charge in [0.05, 0.1) is 19.7 Å². The average molecular weight is 431 g/mol. The fourth-order valence-electron chi connectivity index (χ4n) is 3.51. The van der Waals surface area contributed by atoms with E-state index in [0.717, 1.165) is 6.07 Å². The summed E-state index contributed by atoms with van der Waals surface area (Å²) in [7, 11) is 1.21. The molecule has 0 aliphatic carbocycles. The Labute approximate surface area is 172 Å². The predicted molar refractivity (Wildman–Crippen MR) is 102 cm³/mol. The Morgan fingerprint density at radius 2 is 1.97 bits per heavy atom. The number of fused-ring (bicyclic) bond motifs is 1. The highest BCUT2D eigenvalue weighted by Gasteiger charge is 2.29. The van der Waals surface area contributed by atoms with Gasteiger partial charge in [0.15, 0.2) is 17.3 Å². The van der Waals surface area contributed by atoms with E-state index in [2.05, 4.69) is 20.3 Å². The number of rotatable bonds is 6. The Morgan fingerprint density at radius 3 is 2.74 bits per heavy atom.